The molecule has 2 rings (SSSR count). The van der Waals surface area contributed by atoms with E-state index in [1.165, 1.54) is 12.8 Å². The molecule has 0 unspecified atom stereocenters. The largest absolute Gasteiger partial charge is 0.342 e. The van der Waals surface area contributed by atoms with E-state index in [9.17, 15) is 9.59 Å². The van der Waals surface area contributed by atoms with Crippen molar-refractivity contribution in [2.45, 2.75) is 18.9 Å². The molecule has 1 saturated heterocycles. The fourth-order valence-corrected chi connectivity index (χ4v) is 1.71. The summed E-state index contributed by atoms with van der Waals surface area (Å²) in [5.41, 5.74) is 0. The summed E-state index contributed by atoms with van der Waals surface area (Å²) in [6.07, 6.45) is 3.25. The van der Waals surface area contributed by atoms with Crippen LogP contribution in [0.2, 0.25) is 0 Å². The highest BCUT2D eigenvalue weighted by molar-refractivity contribution is 5.78. The third-order valence-electron chi connectivity index (χ3n) is 2.94. The number of hydrogen-bond acceptors (Lipinski definition) is 3. The zero-order valence-corrected chi connectivity index (χ0v) is 8.82. The SMILES string of the molecule is O=CN1CCN(C(=O)CNC2CC2)CC1. The van der Waals surface area contributed by atoms with Crippen LogP contribution in [0.3, 0.4) is 0 Å². The van der Waals surface area contributed by atoms with Gasteiger partial charge in [-0.3, -0.25) is 9.59 Å². The van der Waals surface area contributed by atoms with Crippen molar-refractivity contribution in [3.63, 3.8) is 0 Å². The molecule has 0 bridgehead atoms. The van der Waals surface area contributed by atoms with Gasteiger partial charge in [-0.15, -0.1) is 0 Å². The minimum absolute atomic E-state index is 0.160. The summed E-state index contributed by atoms with van der Waals surface area (Å²) in [6.45, 7) is 3.12. The number of carbonyl (C=O) groups excluding carboxylic acids is 2. The molecule has 84 valence electrons. The topological polar surface area (TPSA) is 52.7 Å². The minimum atomic E-state index is 0.160. The molecule has 0 aromatic carbocycles. The Labute approximate surface area is 89.4 Å². The van der Waals surface area contributed by atoms with E-state index < -0.39 is 0 Å². The first-order valence-corrected chi connectivity index (χ1v) is 5.50. The van der Waals surface area contributed by atoms with Crippen molar-refractivity contribution in [3.8, 4) is 0 Å². The Bertz CT molecular complexity index is 245. The number of nitrogens with zero attached hydrogens (tertiary/aromatic N) is 2. The molecule has 1 heterocycles. The zero-order chi connectivity index (χ0) is 10.7. The van der Waals surface area contributed by atoms with Gasteiger partial charge in [0.15, 0.2) is 0 Å². The van der Waals surface area contributed by atoms with Crippen LogP contribution in [-0.4, -0.2) is 60.9 Å². The molecular formula is C10H17N3O2. The molecule has 0 atom stereocenters. The molecule has 1 N–H and O–H groups in total. The van der Waals surface area contributed by atoms with Crippen LogP contribution in [-0.2, 0) is 9.59 Å². The van der Waals surface area contributed by atoms with E-state index in [4.69, 9.17) is 0 Å². The number of carbonyl (C=O) groups is 2. The summed E-state index contributed by atoms with van der Waals surface area (Å²) in [5.74, 6) is 0.160. The summed E-state index contributed by atoms with van der Waals surface area (Å²) >= 11 is 0. The number of hydrogen-bond donors (Lipinski definition) is 1. The second-order valence-corrected chi connectivity index (χ2v) is 4.18. The Morgan fingerprint density at radius 3 is 2.47 bits per heavy atom. The third kappa shape index (κ3) is 2.92. The van der Waals surface area contributed by atoms with Crippen LogP contribution in [0, 0.1) is 0 Å². The van der Waals surface area contributed by atoms with Crippen LogP contribution in [0.5, 0.6) is 0 Å². The van der Waals surface area contributed by atoms with Gasteiger partial charge in [-0.2, -0.15) is 0 Å². The smallest absolute Gasteiger partial charge is 0.236 e. The van der Waals surface area contributed by atoms with E-state index in [2.05, 4.69) is 5.32 Å². The van der Waals surface area contributed by atoms with Crippen molar-refractivity contribution in [2.24, 2.45) is 0 Å². The van der Waals surface area contributed by atoms with Crippen molar-refractivity contribution in [3.05, 3.63) is 0 Å². The molecule has 5 nitrogen and oxygen atoms in total. The van der Waals surface area contributed by atoms with Gasteiger partial charge < -0.3 is 15.1 Å². The molecule has 0 aromatic heterocycles. The third-order valence-corrected chi connectivity index (χ3v) is 2.94. The highest BCUT2D eigenvalue weighted by Gasteiger charge is 2.24. The van der Waals surface area contributed by atoms with E-state index in [-0.39, 0.29) is 5.91 Å². The summed E-state index contributed by atoms with van der Waals surface area (Å²) in [4.78, 5) is 25.7. The van der Waals surface area contributed by atoms with Crippen LogP contribution in [0.1, 0.15) is 12.8 Å². The van der Waals surface area contributed by atoms with Crippen molar-refractivity contribution >= 4 is 12.3 Å². The molecule has 1 saturated carbocycles. The maximum absolute atomic E-state index is 11.7. The van der Waals surface area contributed by atoms with Gasteiger partial charge in [0, 0.05) is 32.2 Å². The van der Waals surface area contributed by atoms with E-state index >= 15 is 0 Å². The van der Waals surface area contributed by atoms with Crippen LogP contribution >= 0.6 is 0 Å². The summed E-state index contributed by atoms with van der Waals surface area (Å²) in [6, 6.07) is 0.574. The fraction of sp³-hybridized carbons (Fsp3) is 0.800. The van der Waals surface area contributed by atoms with E-state index in [1.807, 2.05) is 4.90 Å². The highest BCUT2D eigenvalue weighted by Crippen LogP contribution is 2.18. The lowest BCUT2D eigenvalue weighted by Gasteiger charge is -2.32. The molecule has 2 amide bonds. The second-order valence-electron chi connectivity index (χ2n) is 4.18. The Morgan fingerprint density at radius 1 is 1.27 bits per heavy atom. The monoisotopic (exact) mass is 211 g/mol. The maximum Gasteiger partial charge on any atom is 0.236 e. The Hall–Kier alpha value is -1.10. The van der Waals surface area contributed by atoms with Crippen molar-refractivity contribution in [2.75, 3.05) is 32.7 Å². The Balaban J connectivity index is 1.69. The predicted octanol–water partition coefficient (Wildman–Crippen LogP) is -0.961. The first-order chi connectivity index (χ1) is 7.29. The molecular weight excluding hydrogens is 194 g/mol. The van der Waals surface area contributed by atoms with Gasteiger partial charge in [0.1, 0.15) is 0 Å². The van der Waals surface area contributed by atoms with Gasteiger partial charge in [-0.1, -0.05) is 0 Å². The normalized spacial score (nSPS) is 21.6. The number of rotatable bonds is 4. The molecule has 2 fully saturated rings. The molecule has 0 spiro atoms. The van der Waals surface area contributed by atoms with Crippen molar-refractivity contribution < 1.29 is 9.59 Å². The molecule has 15 heavy (non-hydrogen) atoms. The number of nitrogens with one attached hydrogen (secondary N) is 1. The molecule has 0 aromatic rings. The predicted molar refractivity (Wildman–Crippen MR) is 55.2 cm³/mol. The average molecular weight is 211 g/mol. The molecule has 2 aliphatic rings. The molecule has 5 heteroatoms. The summed E-state index contributed by atoms with van der Waals surface area (Å²) < 4.78 is 0. The lowest BCUT2D eigenvalue weighted by molar-refractivity contribution is -0.134. The van der Waals surface area contributed by atoms with Gasteiger partial charge in [0.2, 0.25) is 12.3 Å². The van der Waals surface area contributed by atoms with Gasteiger partial charge in [-0.25, -0.2) is 0 Å². The van der Waals surface area contributed by atoms with Crippen LogP contribution < -0.4 is 5.32 Å². The van der Waals surface area contributed by atoms with E-state index in [0.29, 0.717) is 38.8 Å². The van der Waals surface area contributed by atoms with Crippen LogP contribution in [0.15, 0.2) is 0 Å². The average Bonchev–Trinajstić information content (AvgIpc) is 3.10. The zero-order valence-electron chi connectivity index (χ0n) is 8.82. The number of piperazine rings is 1. The van der Waals surface area contributed by atoms with Crippen LogP contribution in [0.25, 0.3) is 0 Å². The van der Waals surface area contributed by atoms with Gasteiger partial charge in [-0.05, 0) is 12.8 Å². The summed E-state index contributed by atoms with van der Waals surface area (Å²) in [7, 11) is 0. The molecule has 1 aliphatic heterocycles. The first-order valence-electron chi connectivity index (χ1n) is 5.50. The highest BCUT2D eigenvalue weighted by atomic mass is 16.2. The van der Waals surface area contributed by atoms with Gasteiger partial charge >= 0.3 is 0 Å². The molecule has 1 aliphatic carbocycles. The van der Waals surface area contributed by atoms with E-state index in [0.717, 1.165) is 6.41 Å². The van der Waals surface area contributed by atoms with E-state index in [1.54, 1.807) is 4.90 Å². The second kappa shape index (κ2) is 4.61. The van der Waals surface area contributed by atoms with Crippen LogP contribution in [0.4, 0.5) is 0 Å². The lowest BCUT2D eigenvalue weighted by atomic mass is 10.3. The Morgan fingerprint density at radius 2 is 1.93 bits per heavy atom. The maximum atomic E-state index is 11.7. The van der Waals surface area contributed by atoms with Crippen molar-refractivity contribution in [1.29, 1.82) is 0 Å². The standard InChI is InChI=1S/C10H17N3O2/c14-8-12-3-5-13(6-4-12)10(15)7-11-9-1-2-9/h8-9,11H,1-7H2. The summed E-state index contributed by atoms with van der Waals surface area (Å²) in [5, 5.41) is 3.20. The van der Waals surface area contributed by atoms with Crippen molar-refractivity contribution in [1.82, 2.24) is 15.1 Å². The Kier molecular flexibility index (Phi) is 3.20. The minimum Gasteiger partial charge on any atom is -0.342 e. The number of amides is 2. The van der Waals surface area contributed by atoms with Gasteiger partial charge in [0.05, 0.1) is 6.54 Å². The first kappa shape index (κ1) is 10.4. The quantitative estimate of drug-likeness (QED) is 0.609. The molecule has 0 radical (unpaired) electrons. The van der Waals surface area contributed by atoms with Gasteiger partial charge in [0.25, 0.3) is 0 Å². The fourth-order valence-electron chi connectivity index (χ4n) is 1.71. The lowest BCUT2D eigenvalue weighted by Crippen LogP contribution is -2.50.